The summed E-state index contributed by atoms with van der Waals surface area (Å²) in [7, 11) is 0. The van der Waals surface area contributed by atoms with Crippen molar-refractivity contribution in [1.82, 2.24) is 4.90 Å². The highest BCUT2D eigenvalue weighted by Crippen LogP contribution is 2.30. The first-order valence-electron chi connectivity index (χ1n) is 10.3. The van der Waals surface area contributed by atoms with Crippen molar-refractivity contribution >= 4 is 23.5 Å². The SMILES string of the molecule is CC(C)CCC(CCN1Cc2ccccc2C1)c1ccc(Cl)cc1.O=C(O)C(=O)O. The number of rotatable bonds is 7. The predicted molar refractivity (Wildman–Crippen MR) is 119 cm³/mol. The summed E-state index contributed by atoms with van der Waals surface area (Å²) in [5.41, 5.74) is 4.45. The number of carboxylic acid groups (broad SMARTS) is 2. The number of carbonyl (C=O) groups is 2. The second-order valence-corrected chi connectivity index (χ2v) is 8.53. The van der Waals surface area contributed by atoms with Crippen molar-refractivity contribution in [1.29, 1.82) is 0 Å². The average molecular weight is 432 g/mol. The molecule has 1 aliphatic rings. The molecule has 6 heteroatoms. The molecule has 3 rings (SSSR count). The molecule has 2 aromatic rings. The lowest BCUT2D eigenvalue weighted by atomic mass is 9.88. The molecule has 1 aliphatic heterocycles. The van der Waals surface area contributed by atoms with Crippen LogP contribution in [0.5, 0.6) is 0 Å². The van der Waals surface area contributed by atoms with E-state index in [1.54, 1.807) is 0 Å². The van der Waals surface area contributed by atoms with Crippen molar-refractivity contribution in [3.05, 3.63) is 70.2 Å². The Kier molecular flexibility index (Phi) is 9.34. The first-order chi connectivity index (χ1) is 14.3. The van der Waals surface area contributed by atoms with Crippen LogP contribution in [-0.4, -0.2) is 33.6 Å². The summed E-state index contributed by atoms with van der Waals surface area (Å²) < 4.78 is 0. The fraction of sp³-hybridized carbons (Fsp3) is 0.417. The van der Waals surface area contributed by atoms with Gasteiger partial charge in [-0.25, -0.2) is 9.59 Å². The molecule has 0 aliphatic carbocycles. The second kappa shape index (κ2) is 11.7. The molecular weight excluding hydrogens is 402 g/mol. The summed E-state index contributed by atoms with van der Waals surface area (Å²) in [6.07, 6.45) is 3.77. The highest BCUT2D eigenvalue weighted by Gasteiger charge is 2.20. The van der Waals surface area contributed by atoms with Crippen LogP contribution >= 0.6 is 11.6 Å². The van der Waals surface area contributed by atoms with Crippen molar-refractivity contribution in [2.75, 3.05) is 6.54 Å². The topological polar surface area (TPSA) is 77.8 Å². The number of benzene rings is 2. The zero-order valence-corrected chi connectivity index (χ0v) is 18.3. The van der Waals surface area contributed by atoms with Gasteiger partial charge in [0.1, 0.15) is 0 Å². The molecule has 0 aromatic heterocycles. The molecule has 0 bridgehead atoms. The van der Waals surface area contributed by atoms with Crippen molar-refractivity contribution in [3.63, 3.8) is 0 Å². The first-order valence-corrected chi connectivity index (χ1v) is 10.6. The number of halogens is 1. The van der Waals surface area contributed by atoms with Gasteiger partial charge in [0.25, 0.3) is 0 Å². The molecule has 0 saturated carbocycles. The third-order valence-electron chi connectivity index (χ3n) is 5.32. The Morgan fingerprint density at radius 2 is 1.43 bits per heavy atom. The van der Waals surface area contributed by atoms with Crippen LogP contribution in [0.25, 0.3) is 0 Å². The van der Waals surface area contributed by atoms with Crippen LogP contribution in [0.4, 0.5) is 0 Å². The molecule has 5 nitrogen and oxygen atoms in total. The van der Waals surface area contributed by atoms with Crippen LogP contribution in [0.15, 0.2) is 48.5 Å². The number of aliphatic carboxylic acids is 2. The highest BCUT2D eigenvalue weighted by molar-refractivity contribution is 6.30. The standard InChI is InChI=1S/C22H28ClN.C2H2O4/c1-17(2)7-8-19(18-9-11-22(23)12-10-18)13-14-24-15-20-5-3-4-6-21(20)16-24;3-1(4)2(5)6/h3-6,9-12,17,19H,7-8,13-16H2,1-2H3;(H,3,4)(H,5,6). The van der Waals surface area contributed by atoms with Gasteiger partial charge in [-0.3, -0.25) is 4.90 Å². The van der Waals surface area contributed by atoms with E-state index >= 15 is 0 Å². The maximum Gasteiger partial charge on any atom is 0.414 e. The number of hydrogen-bond acceptors (Lipinski definition) is 3. The minimum absolute atomic E-state index is 0.633. The molecule has 0 fully saturated rings. The highest BCUT2D eigenvalue weighted by atomic mass is 35.5. The van der Waals surface area contributed by atoms with Crippen LogP contribution in [0.1, 0.15) is 55.7 Å². The zero-order chi connectivity index (χ0) is 22.1. The van der Waals surface area contributed by atoms with E-state index in [1.165, 1.54) is 42.5 Å². The van der Waals surface area contributed by atoms with Crippen molar-refractivity contribution in [3.8, 4) is 0 Å². The number of carboxylic acids is 2. The van der Waals surface area contributed by atoms with Gasteiger partial charge in [-0.1, -0.05) is 68.3 Å². The lowest BCUT2D eigenvalue weighted by Gasteiger charge is -2.22. The van der Waals surface area contributed by atoms with Gasteiger partial charge < -0.3 is 10.2 Å². The summed E-state index contributed by atoms with van der Waals surface area (Å²) in [5.74, 6) is -2.26. The van der Waals surface area contributed by atoms with Crippen molar-refractivity contribution in [2.45, 2.75) is 52.1 Å². The number of hydrogen-bond donors (Lipinski definition) is 2. The van der Waals surface area contributed by atoms with E-state index in [0.717, 1.165) is 24.0 Å². The monoisotopic (exact) mass is 431 g/mol. The summed E-state index contributed by atoms with van der Waals surface area (Å²) in [6.45, 7) is 8.01. The van der Waals surface area contributed by atoms with E-state index in [1.807, 2.05) is 12.1 Å². The predicted octanol–water partition coefficient (Wildman–Crippen LogP) is 5.42. The molecule has 0 amide bonds. The van der Waals surface area contributed by atoms with Gasteiger partial charge in [0, 0.05) is 18.1 Å². The Labute approximate surface area is 183 Å². The Bertz CT molecular complexity index is 798. The molecule has 0 saturated heterocycles. The van der Waals surface area contributed by atoms with Crippen LogP contribution < -0.4 is 0 Å². The first kappa shape index (κ1) is 23.9. The maximum absolute atomic E-state index is 9.10. The van der Waals surface area contributed by atoms with Gasteiger partial charge in [-0.15, -0.1) is 0 Å². The molecule has 1 atom stereocenters. The van der Waals surface area contributed by atoms with Gasteiger partial charge in [0.15, 0.2) is 0 Å². The minimum atomic E-state index is -1.82. The van der Waals surface area contributed by atoms with E-state index in [2.05, 4.69) is 55.1 Å². The van der Waals surface area contributed by atoms with Crippen LogP contribution in [0.3, 0.4) is 0 Å². The van der Waals surface area contributed by atoms with Gasteiger partial charge in [0.05, 0.1) is 0 Å². The van der Waals surface area contributed by atoms with Gasteiger partial charge >= 0.3 is 11.9 Å². The van der Waals surface area contributed by atoms with Gasteiger partial charge in [-0.2, -0.15) is 0 Å². The lowest BCUT2D eigenvalue weighted by Crippen LogP contribution is -2.20. The molecule has 1 unspecified atom stereocenters. The minimum Gasteiger partial charge on any atom is -0.473 e. The van der Waals surface area contributed by atoms with E-state index in [-0.39, 0.29) is 0 Å². The van der Waals surface area contributed by atoms with E-state index in [4.69, 9.17) is 31.4 Å². The van der Waals surface area contributed by atoms with Gasteiger partial charge in [-0.05, 0) is 60.0 Å². The molecule has 162 valence electrons. The van der Waals surface area contributed by atoms with Crippen molar-refractivity contribution < 1.29 is 19.8 Å². The molecule has 30 heavy (non-hydrogen) atoms. The summed E-state index contributed by atoms with van der Waals surface area (Å²) in [5, 5.41) is 15.6. The average Bonchev–Trinajstić information content (AvgIpc) is 3.12. The molecular formula is C24H30ClNO4. The Hall–Kier alpha value is -2.37. The molecule has 0 radical (unpaired) electrons. The summed E-state index contributed by atoms with van der Waals surface area (Å²) in [6, 6.07) is 17.3. The third-order valence-corrected chi connectivity index (χ3v) is 5.57. The Balaban J connectivity index is 0.000000469. The largest absolute Gasteiger partial charge is 0.473 e. The summed E-state index contributed by atoms with van der Waals surface area (Å²) in [4.78, 5) is 20.8. The van der Waals surface area contributed by atoms with Crippen LogP contribution in [-0.2, 0) is 22.7 Å². The molecule has 1 heterocycles. The Morgan fingerprint density at radius 3 is 1.90 bits per heavy atom. The van der Waals surface area contributed by atoms with Crippen LogP contribution in [0.2, 0.25) is 5.02 Å². The maximum atomic E-state index is 9.10. The fourth-order valence-electron chi connectivity index (χ4n) is 3.65. The van der Waals surface area contributed by atoms with E-state index in [0.29, 0.717) is 5.92 Å². The lowest BCUT2D eigenvalue weighted by molar-refractivity contribution is -0.159. The second-order valence-electron chi connectivity index (χ2n) is 8.10. The van der Waals surface area contributed by atoms with E-state index in [9.17, 15) is 0 Å². The summed E-state index contributed by atoms with van der Waals surface area (Å²) >= 11 is 6.07. The van der Waals surface area contributed by atoms with E-state index < -0.39 is 11.9 Å². The molecule has 0 spiro atoms. The number of fused-ring (bicyclic) bond motifs is 1. The molecule has 2 aromatic carbocycles. The third kappa shape index (κ3) is 7.81. The number of nitrogens with zero attached hydrogens (tertiary/aromatic N) is 1. The fourth-order valence-corrected chi connectivity index (χ4v) is 3.77. The van der Waals surface area contributed by atoms with Crippen molar-refractivity contribution in [2.24, 2.45) is 5.92 Å². The van der Waals surface area contributed by atoms with Crippen LogP contribution in [0, 0.1) is 5.92 Å². The smallest absolute Gasteiger partial charge is 0.414 e. The Morgan fingerprint density at radius 1 is 0.900 bits per heavy atom. The zero-order valence-electron chi connectivity index (χ0n) is 17.6. The normalized spacial score (nSPS) is 14.0. The molecule has 2 N–H and O–H groups in total. The quantitative estimate of drug-likeness (QED) is 0.572. The van der Waals surface area contributed by atoms with Gasteiger partial charge in [0.2, 0.25) is 0 Å².